The first-order valence-corrected chi connectivity index (χ1v) is 7.14. The Hall–Kier alpha value is -2.33. The summed E-state index contributed by atoms with van der Waals surface area (Å²) in [5, 5.41) is 1.12. The maximum absolute atomic E-state index is 6.10. The molecule has 0 amide bonds. The third-order valence-corrected chi connectivity index (χ3v) is 4.17. The van der Waals surface area contributed by atoms with Gasteiger partial charge in [-0.1, -0.05) is 30.3 Å². The molecule has 2 heterocycles. The van der Waals surface area contributed by atoms with Gasteiger partial charge < -0.3 is 15.5 Å². The summed E-state index contributed by atoms with van der Waals surface area (Å²) in [6.45, 7) is 0. The lowest BCUT2D eigenvalue weighted by atomic mass is 10.0. The molecule has 0 saturated heterocycles. The lowest BCUT2D eigenvalue weighted by molar-refractivity contribution is 0.413. The van der Waals surface area contributed by atoms with Crippen LogP contribution in [0.1, 0.15) is 17.9 Å². The van der Waals surface area contributed by atoms with E-state index >= 15 is 0 Å². The summed E-state index contributed by atoms with van der Waals surface area (Å²) < 4.78 is 5.31. The zero-order chi connectivity index (χ0) is 14.4. The summed E-state index contributed by atoms with van der Waals surface area (Å²) in [4.78, 5) is 7.92. The number of nitrogens with one attached hydrogen (secondary N) is 1. The normalized spacial score (nSPS) is 20.7. The van der Waals surface area contributed by atoms with E-state index in [1.54, 1.807) is 13.3 Å². The maximum atomic E-state index is 6.10. The predicted molar refractivity (Wildman–Crippen MR) is 83.4 cm³/mol. The molecule has 2 aromatic heterocycles. The number of benzene rings is 1. The number of methoxy groups -OCH3 is 1. The fraction of sp³-hybridized carbons (Fsp3) is 0.235. The minimum atomic E-state index is 0.248. The van der Waals surface area contributed by atoms with Gasteiger partial charge in [0.15, 0.2) is 0 Å². The molecule has 1 aromatic carbocycles. The molecule has 21 heavy (non-hydrogen) atoms. The lowest BCUT2D eigenvalue weighted by Crippen LogP contribution is -2.01. The van der Waals surface area contributed by atoms with Gasteiger partial charge in [0.2, 0.25) is 0 Å². The van der Waals surface area contributed by atoms with Crippen molar-refractivity contribution in [2.24, 2.45) is 5.73 Å². The molecule has 1 saturated carbocycles. The molecule has 4 heteroatoms. The standard InChI is InChI=1S/C17H17N3O/c1-21-11-7-13-15(12-8-14(12)18)16(20-17(13)19-9-11)10-5-3-2-4-6-10/h2-7,9,12,14H,8,18H2,1H3,(H,19,20)/t12-,14-/m1/s1. The number of aromatic amines is 1. The van der Waals surface area contributed by atoms with Crippen LogP contribution in [0.3, 0.4) is 0 Å². The Balaban J connectivity index is 1.97. The fourth-order valence-electron chi connectivity index (χ4n) is 2.95. The highest BCUT2D eigenvalue weighted by Gasteiger charge is 2.39. The Labute approximate surface area is 123 Å². The Morgan fingerprint density at radius 3 is 2.71 bits per heavy atom. The van der Waals surface area contributed by atoms with Crippen molar-refractivity contribution < 1.29 is 4.74 Å². The van der Waals surface area contributed by atoms with E-state index in [9.17, 15) is 0 Å². The number of H-pyrrole nitrogens is 1. The second-order valence-electron chi connectivity index (χ2n) is 5.56. The van der Waals surface area contributed by atoms with Gasteiger partial charge in [-0.05, 0) is 23.6 Å². The Bertz CT molecular complexity index is 794. The molecule has 0 spiro atoms. The summed E-state index contributed by atoms with van der Waals surface area (Å²) in [7, 11) is 1.66. The summed E-state index contributed by atoms with van der Waals surface area (Å²) in [5.41, 5.74) is 10.6. The molecule has 0 radical (unpaired) electrons. The Kier molecular flexibility index (Phi) is 2.72. The molecule has 1 aliphatic carbocycles. The molecule has 1 fully saturated rings. The van der Waals surface area contributed by atoms with E-state index in [0.717, 1.165) is 28.9 Å². The quantitative estimate of drug-likeness (QED) is 0.774. The third kappa shape index (κ3) is 1.99. The maximum Gasteiger partial charge on any atom is 0.138 e. The first-order chi connectivity index (χ1) is 10.3. The second kappa shape index (κ2) is 4.60. The van der Waals surface area contributed by atoms with Gasteiger partial charge in [-0.2, -0.15) is 0 Å². The average Bonchev–Trinajstić information content (AvgIpc) is 3.12. The van der Waals surface area contributed by atoms with Crippen LogP contribution in [0, 0.1) is 0 Å². The number of hydrogen-bond acceptors (Lipinski definition) is 3. The summed E-state index contributed by atoms with van der Waals surface area (Å²) in [6, 6.07) is 12.6. The SMILES string of the molecule is COc1cnc2[nH]c(-c3ccccc3)c([C@@H]3C[C@H]3N)c2c1. The van der Waals surface area contributed by atoms with E-state index in [2.05, 4.69) is 22.1 Å². The minimum Gasteiger partial charge on any atom is -0.495 e. The lowest BCUT2D eigenvalue weighted by Gasteiger charge is -2.04. The van der Waals surface area contributed by atoms with Crippen molar-refractivity contribution in [1.29, 1.82) is 0 Å². The van der Waals surface area contributed by atoms with E-state index in [1.807, 2.05) is 24.3 Å². The molecule has 1 aliphatic rings. The van der Waals surface area contributed by atoms with Crippen LogP contribution in [0.4, 0.5) is 0 Å². The van der Waals surface area contributed by atoms with Crippen molar-refractivity contribution in [3.8, 4) is 17.0 Å². The second-order valence-corrected chi connectivity index (χ2v) is 5.56. The number of nitrogens with zero attached hydrogens (tertiary/aromatic N) is 1. The number of rotatable bonds is 3. The zero-order valence-electron chi connectivity index (χ0n) is 11.8. The van der Waals surface area contributed by atoms with E-state index in [0.29, 0.717) is 5.92 Å². The van der Waals surface area contributed by atoms with Crippen LogP contribution >= 0.6 is 0 Å². The molecular formula is C17H17N3O. The van der Waals surface area contributed by atoms with E-state index in [-0.39, 0.29) is 6.04 Å². The number of nitrogens with two attached hydrogens (primary N) is 1. The number of hydrogen-bond donors (Lipinski definition) is 2. The molecule has 4 rings (SSSR count). The fourth-order valence-corrected chi connectivity index (χ4v) is 2.95. The van der Waals surface area contributed by atoms with Gasteiger partial charge in [-0.3, -0.25) is 0 Å². The van der Waals surface area contributed by atoms with Gasteiger partial charge in [0, 0.05) is 17.3 Å². The molecular weight excluding hydrogens is 262 g/mol. The van der Waals surface area contributed by atoms with Crippen molar-refractivity contribution in [3.63, 3.8) is 0 Å². The van der Waals surface area contributed by atoms with E-state index < -0.39 is 0 Å². The van der Waals surface area contributed by atoms with Crippen molar-refractivity contribution in [1.82, 2.24) is 9.97 Å². The molecule has 106 valence electrons. The van der Waals surface area contributed by atoms with Gasteiger partial charge >= 0.3 is 0 Å². The number of pyridine rings is 1. The monoisotopic (exact) mass is 279 g/mol. The van der Waals surface area contributed by atoms with Gasteiger partial charge in [-0.15, -0.1) is 0 Å². The van der Waals surface area contributed by atoms with Crippen LogP contribution in [0.25, 0.3) is 22.3 Å². The van der Waals surface area contributed by atoms with Gasteiger partial charge in [0.25, 0.3) is 0 Å². The number of aromatic nitrogens is 2. The number of ether oxygens (including phenoxy) is 1. The van der Waals surface area contributed by atoms with Crippen molar-refractivity contribution in [2.75, 3.05) is 7.11 Å². The van der Waals surface area contributed by atoms with Crippen LogP contribution in [-0.2, 0) is 0 Å². The van der Waals surface area contributed by atoms with Crippen molar-refractivity contribution in [3.05, 3.63) is 48.2 Å². The van der Waals surface area contributed by atoms with Crippen molar-refractivity contribution >= 4 is 11.0 Å². The van der Waals surface area contributed by atoms with Crippen LogP contribution in [-0.4, -0.2) is 23.1 Å². The average molecular weight is 279 g/mol. The summed E-state index contributed by atoms with van der Waals surface area (Å²) in [6.07, 6.45) is 2.77. The molecule has 2 atom stereocenters. The first kappa shape index (κ1) is 12.4. The summed E-state index contributed by atoms with van der Waals surface area (Å²) in [5.74, 6) is 1.18. The van der Waals surface area contributed by atoms with E-state index in [4.69, 9.17) is 10.5 Å². The smallest absolute Gasteiger partial charge is 0.138 e. The molecule has 0 aliphatic heterocycles. The van der Waals surface area contributed by atoms with Gasteiger partial charge in [0.1, 0.15) is 11.4 Å². The topological polar surface area (TPSA) is 63.9 Å². The highest BCUT2D eigenvalue weighted by molar-refractivity contribution is 5.90. The predicted octanol–water partition coefficient (Wildman–Crippen LogP) is 3.05. The van der Waals surface area contributed by atoms with Gasteiger partial charge in [0.05, 0.1) is 19.0 Å². The third-order valence-electron chi connectivity index (χ3n) is 4.17. The van der Waals surface area contributed by atoms with Crippen LogP contribution < -0.4 is 10.5 Å². The van der Waals surface area contributed by atoms with E-state index in [1.165, 1.54) is 11.1 Å². The zero-order valence-corrected chi connectivity index (χ0v) is 11.8. The highest BCUT2D eigenvalue weighted by atomic mass is 16.5. The van der Waals surface area contributed by atoms with Crippen LogP contribution in [0.15, 0.2) is 42.6 Å². The van der Waals surface area contributed by atoms with Crippen LogP contribution in [0.2, 0.25) is 0 Å². The molecule has 0 bridgehead atoms. The molecule has 3 aromatic rings. The Morgan fingerprint density at radius 2 is 2.05 bits per heavy atom. The molecule has 4 nitrogen and oxygen atoms in total. The largest absolute Gasteiger partial charge is 0.495 e. The molecule has 3 N–H and O–H groups in total. The molecule has 0 unspecified atom stereocenters. The highest BCUT2D eigenvalue weighted by Crippen LogP contribution is 2.47. The first-order valence-electron chi connectivity index (χ1n) is 7.14. The van der Waals surface area contributed by atoms with Crippen LogP contribution in [0.5, 0.6) is 5.75 Å². The minimum absolute atomic E-state index is 0.248. The van der Waals surface area contributed by atoms with Crippen molar-refractivity contribution in [2.45, 2.75) is 18.4 Å². The number of fused-ring (bicyclic) bond motifs is 1. The summed E-state index contributed by atoms with van der Waals surface area (Å²) >= 11 is 0. The van der Waals surface area contributed by atoms with Gasteiger partial charge in [-0.25, -0.2) is 4.98 Å². The Morgan fingerprint density at radius 1 is 1.29 bits per heavy atom.